The molecule has 0 bridgehead atoms. The molecule has 1 amide bonds. The number of rotatable bonds is 8. The summed E-state index contributed by atoms with van der Waals surface area (Å²) < 4.78 is 0. The highest BCUT2D eigenvalue weighted by molar-refractivity contribution is 5.83. The summed E-state index contributed by atoms with van der Waals surface area (Å²) in [5.41, 5.74) is 5.52. The van der Waals surface area contributed by atoms with Gasteiger partial charge in [0, 0.05) is 19.6 Å². The molecule has 0 atom stereocenters. The molecule has 0 aromatic heterocycles. The summed E-state index contributed by atoms with van der Waals surface area (Å²) in [5, 5.41) is 0. The van der Waals surface area contributed by atoms with Crippen LogP contribution in [-0.4, -0.2) is 30.4 Å². The van der Waals surface area contributed by atoms with E-state index in [9.17, 15) is 4.79 Å². The van der Waals surface area contributed by atoms with Gasteiger partial charge >= 0.3 is 0 Å². The molecule has 0 fully saturated rings. The van der Waals surface area contributed by atoms with Crippen molar-refractivity contribution >= 4 is 5.91 Å². The molecular weight excluding hydrogens is 224 g/mol. The Labute approximate surface area is 113 Å². The van der Waals surface area contributed by atoms with Crippen molar-refractivity contribution in [3.63, 3.8) is 0 Å². The summed E-state index contributed by atoms with van der Waals surface area (Å²) >= 11 is 0. The second kappa shape index (κ2) is 7.78. The fraction of sp³-hybridized carbons (Fsp3) is 0.933. The van der Waals surface area contributed by atoms with E-state index in [-0.39, 0.29) is 11.3 Å². The Morgan fingerprint density at radius 1 is 1.06 bits per heavy atom. The van der Waals surface area contributed by atoms with Gasteiger partial charge in [-0.3, -0.25) is 4.79 Å². The average molecular weight is 256 g/mol. The topological polar surface area (TPSA) is 46.3 Å². The first-order valence-electron chi connectivity index (χ1n) is 7.32. The molecule has 18 heavy (non-hydrogen) atoms. The van der Waals surface area contributed by atoms with Crippen LogP contribution in [0.25, 0.3) is 0 Å². The van der Waals surface area contributed by atoms with Crippen molar-refractivity contribution in [2.75, 3.05) is 19.6 Å². The normalized spacial score (nSPS) is 12.3. The van der Waals surface area contributed by atoms with E-state index in [1.807, 2.05) is 4.90 Å². The smallest absolute Gasteiger partial charge is 0.230 e. The molecule has 0 saturated carbocycles. The third-order valence-corrected chi connectivity index (χ3v) is 3.66. The van der Waals surface area contributed by atoms with E-state index in [1.165, 1.54) is 0 Å². The second-order valence-electron chi connectivity index (χ2n) is 6.19. The van der Waals surface area contributed by atoms with Crippen LogP contribution < -0.4 is 5.73 Å². The summed E-state index contributed by atoms with van der Waals surface area (Å²) in [4.78, 5) is 14.8. The van der Waals surface area contributed by atoms with Crippen molar-refractivity contribution in [1.82, 2.24) is 4.90 Å². The van der Waals surface area contributed by atoms with Crippen LogP contribution in [-0.2, 0) is 4.79 Å². The van der Waals surface area contributed by atoms with Gasteiger partial charge in [-0.2, -0.15) is 0 Å². The average Bonchev–Trinajstić information content (AvgIpc) is 2.29. The third kappa shape index (κ3) is 4.60. The molecule has 0 unspecified atom stereocenters. The van der Waals surface area contributed by atoms with Crippen molar-refractivity contribution in [3.05, 3.63) is 0 Å². The second-order valence-corrected chi connectivity index (χ2v) is 6.19. The van der Waals surface area contributed by atoms with E-state index in [2.05, 4.69) is 41.5 Å². The van der Waals surface area contributed by atoms with Gasteiger partial charge in [-0.15, -0.1) is 0 Å². The van der Waals surface area contributed by atoms with Crippen LogP contribution in [0.3, 0.4) is 0 Å². The molecule has 3 heteroatoms. The zero-order valence-corrected chi connectivity index (χ0v) is 13.1. The minimum atomic E-state index is -0.357. The largest absolute Gasteiger partial charge is 0.342 e. The Morgan fingerprint density at radius 3 is 1.67 bits per heavy atom. The molecule has 0 aliphatic rings. The maximum atomic E-state index is 12.8. The Morgan fingerprint density at radius 2 is 1.44 bits per heavy atom. The molecule has 0 saturated heterocycles. The first kappa shape index (κ1) is 17.4. The molecule has 108 valence electrons. The van der Waals surface area contributed by atoms with E-state index in [4.69, 9.17) is 5.73 Å². The predicted octanol–water partition coefficient (Wildman–Crippen LogP) is 2.89. The van der Waals surface area contributed by atoms with E-state index in [0.29, 0.717) is 18.4 Å². The van der Waals surface area contributed by atoms with Gasteiger partial charge < -0.3 is 10.6 Å². The van der Waals surface area contributed by atoms with E-state index >= 15 is 0 Å². The van der Waals surface area contributed by atoms with Crippen molar-refractivity contribution in [2.24, 2.45) is 23.0 Å². The molecule has 3 nitrogen and oxygen atoms in total. The summed E-state index contributed by atoms with van der Waals surface area (Å²) in [6.07, 6.45) is 1.65. The van der Waals surface area contributed by atoms with Crippen molar-refractivity contribution in [3.8, 4) is 0 Å². The van der Waals surface area contributed by atoms with Crippen molar-refractivity contribution < 1.29 is 4.79 Å². The maximum Gasteiger partial charge on any atom is 0.230 e. The van der Waals surface area contributed by atoms with E-state index < -0.39 is 0 Å². The summed E-state index contributed by atoms with van der Waals surface area (Å²) in [6.45, 7) is 14.9. The Hall–Kier alpha value is -0.570. The van der Waals surface area contributed by atoms with Crippen LogP contribution >= 0.6 is 0 Å². The number of nitrogens with zero attached hydrogens (tertiary/aromatic N) is 1. The van der Waals surface area contributed by atoms with Crippen LogP contribution in [0, 0.1) is 17.3 Å². The molecular formula is C15H32N2O. The van der Waals surface area contributed by atoms with Gasteiger partial charge in [-0.1, -0.05) is 41.5 Å². The van der Waals surface area contributed by atoms with Gasteiger partial charge in [0.15, 0.2) is 0 Å². The SMILES string of the molecule is CCC(CC)(CN)C(=O)N(CC(C)C)CC(C)C. The van der Waals surface area contributed by atoms with Crippen molar-refractivity contribution in [2.45, 2.75) is 54.4 Å². The van der Waals surface area contributed by atoms with Gasteiger partial charge in [-0.05, 0) is 24.7 Å². The van der Waals surface area contributed by atoms with Crippen LogP contribution in [0.15, 0.2) is 0 Å². The first-order chi connectivity index (χ1) is 8.32. The molecule has 0 radical (unpaired) electrons. The zero-order valence-electron chi connectivity index (χ0n) is 13.1. The number of nitrogens with two attached hydrogens (primary N) is 1. The lowest BCUT2D eigenvalue weighted by Crippen LogP contribution is -2.49. The van der Waals surface area contributed by atoms with Crippen LogP contribution in [0.1, 0.15) is 54.4 Å². The minimum Gasteiger partial charge on any atom is -0.342 e. The highest BCUT2D eigenvalue weighted by Crippen LogP contribution is 2.28. The molecule has 0 aromatic carbocycles. The lowest BCUT2D eigenvalue weighted by atomic mass is 9.80. The van der Waals surface area contributed by atoms with Crippen LogP contribution in [0.5, 0.6) is 0 Å². The lowest BCUT2D eigenvalue weighted by molar-refractivity contribution is -0.143. The lowest BCUT2D eigenvalue weighted by Gasteiger charge is -2.37. The Kier molecular flexibility index (Phi) is 7.53. The van der Waals surface area contributed by atoms with Gasteiger partial charge in [0.05, 0.1) is 5.41 Å². The molecule has 0 aliphatic heterocycles. The molecule has 0 rings (SSSR count). The quantitative estimate of drug-likeness (QED) is 0.726. The number of amides is 1. The third-order valence-electron chi connectivity index (χ3n) is 3.66. The fourth-order valence-electron chi connectivity index (χ4n) is 2.39. The molecule has 0 aliphatic carbocycles. The molecule has 0 aromatic rings. The summed E-state index contributed by atoms with van der Waals surface area (Å²) in [5.74, 6) is 1.24. The maximum absolute atomic E-state index is 12.8. The van der Waals surface area contributed by atoms with Gasteiger partial charge in [0.25, 0.3) is 0 Å². The van der Waals surface area contributed by atoms with Crippen molar-refractivity contribution in [1.29, 1.82) is 0 Å². The van der Waals surface area contributed by atoms with Crippen LogP contribution in [0.2, 0.25) is 0 Å². The highest BCUT2D eigenvalue weighted by Gasteiger charge is 2.37. The van der Waals surface area contributed by atoms with Gasteiger partial charge in [0.1, 0.15) is 0 Å². The Bertz CT molecular complexity index is 227. The van der Waals surface area contributed by atoms with E-state index in [0.717, 1.165) is 25.9 Å². The Balaban J connectivity index is 5.02. The molecule has 0 spiro atoms. The van der Waals surface area contributed by atoms with Gasteiger partial charge in [-0.25, -0.2) is 0 Å². The zero-order chi connectivity index (χ0) is 14.3. The number of hydrogen-bond donors (Lipinski definition) is 1. The summed E-state index contributed by atoms with van der Waals surface area (Å²) in [7, 11) is 0. The fourth-order valence-corrected chi connectivity index (χ4v) is 2.39. The monoisotopic (exact) mass is 256 g/mol. The van der Waals surface area contributed by atoms with Crippen LogP contribution in [0.4, 0.5) is 0 Å². The highest BCUT2D eigenvalue weighted by atomic mass is 16.2. The minimum absolute atomic E-state index is 0.248. The first-order valence-corrected chi connectivity index (χ1v) is 7.32. The predicted molar refractivity (Wildman–Crippen MR) is 78.3 cm³/mol. The summed E-state index contributed by atoms with van der Waals surface area (Å²) in [6, 6.07) is 0. The molecule has 2 N–H and O–H groups in total. The molecule has 0 heterocycles. The standard InChI is InChI=1S/C15H32N2O/c1-7-15(8-2,11-16)14(18)17(9-12(3)4)10-13(5)6/h12-13H,7-11,16H2,1-6H3. The number of carbonyl (C=O) groups excluding carboxylic acids is 1. The number of hydrogen-bond acceptors (Lipinski definition) is 2. The van der Waals surface area contributed by atoms with E-state index in [1.54, 1.807) is 0 Å². The van der Waals surface area contributed by atoms with Gasteiger partial charge in [0.2, 0.25) is 5.91 Å². The number of carbonyl (C=O) groups is 1.